The van der Waals surface area contributed by atoms with Crippen LogP contribution in [-0.4, -0.2) is 39.7 Å². The summed E-state index contributed by atoms with van der Waals surface area (Å²) in [6, 6.07) is 8.51. The Labute approximate surface area is 166 Å². The number of likely N-dealkylation sites (tertiary alicyclic amines) is 1. The summed E-state index contributed by atoms with van der Waals surface area (Å²) >= 11 is 4.38. The Hall–Kier alpha value is -3.01. The number of thiol groups is 1. The Morgan fingerprint density at radius 3 is 2.71 bits per heavy atom. The number of nitro benzene ring substituents is 1. The third kappa shape index (κ3) is 4.83. The molecule has 0 aliphatic carbocycles. The van der Waals surface area contributed by atoms with E-state index in [1.54, 1.807) is 12.1 Å². The fraction of sp³-hybridized carbons (Fsp3) is 0.333. The highest BCUT2D eigenvalue weighted by molar-refractivity contribution is 7.81. The lowest BCUT2D eigenvalue weighted by atomic mass is 10.2. The average molecular weight is 405 g/mol. The molecule has 0 saturated carbocycles. The van der Waals surface area contributed by atoms with Crippen LogP contribution in [0.1, 0.15) is 17.7 Å². The van der Waals surface area contributed by atoms with E-state index >= 15 is 0 Å². The normalized spacial score (nSPS) is 18.7. The lowest BCUT2D eigenvalue weighted by Gasteiger charge is -2.23. The van der Waals surface area contributed by atoms with Gasteiger partial charge in [-0.3, -0.25) is 19.8 Å². The zero-order chi connectivity index (χ0) is 20.1. The molecule has 1 aromatic carbocycles. The van der Waals surface area contributed by atoms with Gasteiger partial charge in [-0.1, -0.05) is 0 Å². The summed E-state index contributed by atoms with van der Waals surface area (Å²) in [6.07, 6.45) is 1.30. The van der Waals surface area contributed by atoms with Crippen LogP contribution in [0.5, 0.6) is 0 Å². The minimum atomic E-state index is -0.679. The number of carbonyl (C=O) groups is 2. The quantitative estimate of drug-likeness (QED) is 0.434. The number of furan rings is 1. The maximum Gasteiger partial charge on any atom is 0.410 e. The molecule has 0 spiro atoms. The first-order chi connectivity index (χ1) is 13.4. The van der Waals surface area contributed by atoms with Crippen molar-refractivity contribution in [2.75, 3.05) is 6.54 Å². The van der Waals surface area contributed by atoms with Crippen molar-refractivity contribution >= 4 is 30.3 Å². The maximum absolute atomic E-state index is 12.5. The van der Waals surface area contributed by atoms with Crippen LogP contribution in [0.2, 0.25) is 0 Å². The van der Waals surface area contributed by atoms with Crippen LogP contribution in [0.25, 0.3) is 0 Å². The predicted octanol–water partition coefficient (Wildman–Crippen LogP) is 2.51. The molecule has 1 aromatic heterocycles. The Bertz CT molecular complexity index is 840. The number of nitro groups is 1. The fourth-order valence-electron chi connectivity index (χ4n) is 2.91. The van der Waals surface area contributed by atoms with Crippen LogP contribution in [0.3, 0.4) is 0 Å². The summed E-state index contributed by atoms with van der Waals surface area (Å²) in [4.78, 5) is 36.4. The van der Waals surface area contributed by atoms with Crippen LogP contribution in [0.4, 0.5) is 10.5 Å². The van der Waals surface area contributed by atoms with Crippen molar-refractivity contribution < 1.29 is 23.7 Å². The molecule has 2 atom stereocenters. The summed E-state index contributed by atoms with van der Waals surface area (Å²) in [5, 5.41) is 13.3. The van der Waals surface area contributed by atoms with E-state index in [0.29, 0.717) is 24.3 Å². The van der Waals surface area contributed by atoms with Gasteiger partial charge in [-0.2, -0.15) is 12.6 Å². The zero-order valence-corrected chi connectivity index (χ0v) is 15.7. The van der Waals surface area contributed by atoms with Crippen LogP contribution in [0, 0.1) is 10.1 Å². The van der Waals surface area contributed by atoms with Crippen LogP contribution in [0.15, 0.2) is 47.1 Å². The Morgan fingerprint density at radius 2 is 2.07 bits per heavy atom. The second-order valence-corrected chi connectivity index (χ2v) is 7.06. The molecular formula is C18H19N3O6S. The molecule has 1 N–H and O–H groups in total. The smallest absolute Gasteiger partial charge is 0.410 e. The second kappa shape index (κ2) is 8.79. The zero-order valence-electron chi connectivity index (χ0n) is 14.8. The van der Waals surface area contributed by atoms with Crippen molar-refractivity contribution in [3.8, 4) is 0 Å². The van der Waals surface area contributed by atoms with Crippen LogP contribution in [-0.2, 0) is 22.7 Å². The van der Waals surface area contributed by atoms with E-state index in [1.165, 1.54) is 35.4 Å². The van der Waals surface area contributed by atoms with E-state index in [9.17, 15) is 19.7 Å². The van der Waals surface area contributed by atoms with E-state index in [-0.39, 0.29) is 30.0 Å². The van der Waals surface area contributed by atoms with E-state index in [4.69, 9.17) is 9.15 Å². The molecule has 1 fully saturated rings. The van der Waals surface area contributed by atoms with Crippen LogP contribution >= 0.6 is 12.6 Å². The van der Waals surface area contributed by atoms with Gasteiger partial charge in [-0.25, -0.2) is 4.79 Å². The number of nitrogens with one attached hydrogen (secondary N) is 1. The molecule has 0 radical (unpaired) electrons. The van der Waals surface area contributed by atoms with Crippen molar-refractivity contribution in [1.82, 2.24) is 10.2 Å². The minimum Gasteiger partial charge on any atom is -0.467 e. The van der Waals surface area contributed by atoms with Crippen molar-refractivity contribution in [1.29, 1.82) is 0 Å². The summed E-state index contributed by atoms with van der Waals surface area (Å²) < 4.78 is 10.5. The maximum atomic E-state index is 12.5. The predicted molar refractivity (Wildman–Crippen MR) is 102 cm³/mol. The molecule has 148 valence electrons. The SMILES string of the molecule is O=C(NCc1ccco1)[C@@H]1C[C@H](S)CN1C(=O)OCc1ccc([N+](=O)[O-])cc1. The number of ether oxygens (including phenoxy) is 1. The first kappa shape index (κ1) is 19.7. The molecule has 0 bridgehead atoms. The summed E-state index contributed by atoms with van der Waals surface area (Å²) in [5.41, 5.74) is 0.570. The Kier molecular flexibility index (Phi) is 6.19. The second-order valence-electron chi connectivity index (χ2n) is 6.33. The van der Waals surface area contributed by atoms with Gasteiger partial charge in [0.15, 0.2) is 0 Å². The van der Waals surface area contributed by atoms with E-state index in [0.717, 1.165) is 0 Å². The van der Waals surface area contributed by atoms with Gasteiger partial charge >= 0.3 is 6.09 Å². The van der Waals surface area contributed by atoms with Gasteiger partial charge in [0.2, 0.25) is 5.91 Å². The van der Waals surface area contributed by atoms with Gasteiger partial charge in [0.1, 0.15) is 18.4 Å². The largest absolute Gasteiger partial charge is 0.467 e. The topological polar surface area (TPSA) is 115 Å². The van der Waals surface area contributed by atoms with E-state index < -0.39 is 17.1 Å². The van der Waals surface area contributed by atoms with Crippen molar-refractivity contribution in [3.05, 3.63) is 64.1 Å². The highest BCUT2D eigenvalue weighted by atomic mass is 32.1. The molecule has 2 aromatic rings. The fourth-order valence-corrected chi connectivity index (χ4v) is 3.29. The van der Waals surface area contributed by atoms with Crippen molar-refractivity contribution in [3.63, 3.8) is 0 Å². The molecule has 1 saturated heterocycles. The van der Waals surface area contributed by atoms with Crippen molar-refractivity contribution in [2.24, 2.45) is 0 Å². The molecule has 2 amide bonds. The molecule has 1 aliphatic heterocycles. The molecular weight excluding hydrogens is 386 g/mol. The van der Waals surface area contributed by atoms with E-state index in [1.807, 2.05) is 0 Å². The minimum absolute atomic E-state index is 0.0409. The first-order valence-electron chi connectivity index (χ1n) is 8.59. The van der Waals surface area contributed by atoms with Gasteiger partial charge in [0.25, 0.3) is 5.69 Å². The number of non-ortho nitro benzene ring substituents is 1. The third-order valence-electron chi connectivity index (χ3n) is 4.34. The lowest BCUT2D eigenvalue weighted by Crippen LogP contribution is -2.45. The number of hydrogen-bond acceptors (Lipinski definition) is 7. The van der Waals surface area contributed by atoms with E-state index in [2.05, 4.69) is 17.9 Å². The van der Waals surface area contributed by atoms with Gasteiger partial charge in [0.05, 0.1) is 17.7 Å². The average Bonchev–Trinajstić information content (AvgIpc) is 3.34. The highest BCUT2D eigenvalue weighted by Crippen LogP contribution is 2.23. The monoisotopic (exact) mass is 405 g/mol. The molecule has 0 unspecified atom stereocenters. The van der Waals surface area contributed by atoms with Gasteiger partial charge in [-0.15, -0.1) is 0 Å². The van der Waals surface area contributed by atoms with Crippen LogP contribution < -0.4 is 5.32 Å². The van der Waals surface area contributed by atoms with Gasteiger partial charge in [-0.05, 0) is 36.2 Å². The number of rotatable bonds is 6. The van der Waals surface area contributed by atoms with Crippen molar-refractivity contribution in [2.45, 2.75) is 30.9 Å². The lowest BCUT2D eigenvalue weighted by molar-refractivity contribution is -0.384. The molecule has 2 heterocycles. The highest BCUT2D eigenvalue weighted by Gasteiger charge is 2.39. The summed E-state index contributed by atoms with van der Waals surface area (Å²) in [7, 11) is 0. The first-order valence-corrected chi connectivity index (χ1v) is 9.10. The number of hydrogen-bond donors (Lipinski definition) is 2. The molecule has 1 aliphatic rings. The third-order valence-corrected chi connectivity index (χ3v) is 4.72. The van der Waals surface area contributed by atoms with Gasteiger partial charge in [0, 0.05) is 23.9 Å². The summed E-state index contributed by atoms with van der Waals surface area (Å²) in [6.45, 7) is 0.470. The number of carbonyl (C=O) groups excluding carboxylic acids is 2. The molecule has 9 nitrogen and oxygen atoms in total. The Morgan fingerprint density at radius 1 is 1.32 bits per heavy atom. The number of benzene rings is 1. The molecule has 10 heteroatoms. The van der Waals surface area contributed by atoms with Gasteiger partial charge < -0.3 is 14.5 Å². The number of amides is 2. The summed E-state index contributed by atoms with van der Waals surface area (Å²) in [5.74, 6) is 0.307. The standard InChI is InChI=1S/C18H19N3O6S/c22-17(19-9-14-2-1-7-26-14)16-8-15(28)10-20(16)18(23)27-11-12-3-5-13(6-4-12)21(24)25/h1-7,15-16,28H,8-11H2,(H,19,22)/t15-,16-/m0/s1. The Balaban J connectivity index is 1.55. The number of nitrogens with zero attached hydrogens (tertiary/aromatic N) is 2. The molecule has 28 heavy (non-hydrogen) atoms. The molecule has 3 rings (SSSR count).